The van der Waals surface area contributed by atoms with E-state index in [1.807, 2.05) is 0 Å². The van der Waals surface area contributed by atoms with Crippen molar-refractivity contribution in [1.29, 1.82) is 0 Å². The van der Waals surface area contributed by atoms with Crippen LogP contribution in [-0.4, -0.2) is 56.0 Å². The van der Waals surface area contributed by atoms with E-state index in [0.717, 1.165) is 22.5 Å². The Morgan fingerprint density at radius 1 is 1.52 bits per heavy atom. The molecule has 1 aliphatic rings. The van der Waals surface area contributed by atoms with Crippen LogP contribution in [0, 0.1) is 0 Å². The van der Waals surface area contributed by atoms with Crippen LogP contribution in [-0.2, 0) is 19.4 Å². The van der Waals surface area contributed by atoms with Gasteiger partial charge in [-0.2, -0.15) is 0 Å². The minimum absolute atomic E-state index is 0.107. The zero-order chi connectivity index (χ0) is 17.3. The maximum atomic E-state index is 12.7. The highest BCUT2D eigenvalue weighted by Crippen LogP contribution is 2.33. The molecule has 10 heteroatoms. The molecule has 2 rings (SSSR count). The van der Waals surface area contributed by atoms with Crippen LogP contribution in [0.3, 0.4) is 0 Å². The second-order valence-electron chi connectivity index (χ2n) is 5.27. The average Bonchev–Trinajstić information content (AvgIpc) is 2.83. The molecule has 0 spiro atoms. The zero-order valence-electron chi connectivity index (χ0n) is 12.7. The van der Waals surface area contributed by atoms with Gasteiger partial charge in [0.1, 0.15) is 9.84 Å². The van der Waals surface area contributed by atoms with E-state index >= 15 is 0 Å². The van der Waals surface area contributed by atoms with Crippen LogP contribution in [0.25, 0.3) is 0 Å². The summed E-state index contributed by atoms with van der Waals surface area (Å²) in [6.07, 6.45) is 0.975. The quantitative estimate of drug-likeness (QED) is 0.815. The van der Waals surface area contributed by atoms with Gasteiger partial charge >= 0.3 is 0 Å². The molecule has 1 saturated heterocycles. The van der Waals surface area contributed by atoms with Gasteiger partial charge in [-0.15, -0.1) is 0 Å². The number of thiophene rings is 1. The lowest BCUT2D eigenvalue weighted by Gasteiger charge is -2.40. The molecule has 0 bridgehead atoms. The van der Waals surface area contributed by atoms with Crippen LogP contribution in [0.2, 0.25) is 4.34 Å². The predicted octanol–water partition coefficient (Wildman–Crippen LogP) is 0.890. The van der Waals surface area contributed by atoms with E-state index in [1.165, 1.54) is 6.92 Å². The molecule has 2 heterocycles. The second kappa shape index (κ2) is 6.76. The van der Waals surface area contributed by atoms with E-state index in [2.05, 4.69) is 5.32 Å². The Morgan fingerprint density at radius 3 is 2.74 bits per heavy atom. The minimum atomic E-state index is -3.31. The fourth-order valence-corrected chi connectivity index (χ4v) is 3.84. The molecule has 1 fully saturated rings. The van der Waals surface area contributed by atoms with Crippen molar-refractivity contribution < 1.29 is 22.7 Å². The maximum absolute atomic E-state index is 12.7. The highest BCUT2D eigenvalue weighted by Gasteiger charge is 2.48. The summed E-state index contributed by atoms with van der Waals surface area (Å²) >= 11 is 6.98. The molecular weight excluding hydrogens is 364 g/mol. The number of hydrogen-bond acceptors (Lipinski definition) is 7. The number of imide groups is 1. The average molecular weight is 381 g/mol. The largest absolute Gasteiger partial charge is 0.454 e. The first-order valence-corrected chi connectivity index (χ1v) is 10.1. The molecule has 1 atom stereocenters. The van der Waals surface area contributed by atoms with Gasteiger partial charge in [-0.3, -0.25) is 19.8 Å². The molecule has 23 heavy (non-hydrogen) atoms. The van der Waals surface area contributed by atoms with Crippen LogP contribution in [0.15, 0.2) is 12.1 Å². The van der Waals surface area contributed by atoms with Crippen LogP contribution in [0.4, 0.5) is 0 Å². The molecule has 0 aliphatic carbocycles. The third-order valence-corrected chi connectivity index (χ3v) is 5.42. The van der Waals surface area contributed by atoms with E-state index < -0.39 is 27.4 Å². The first-order valence-electron chi connectivity index (χ1n) is 6.83. The molecule has 1 N–H and O–H groups in total. The van der Waals surface area contributed by atoms with Gasteiger partial charge in [0.2, 0.25) is 11.6 Å². The summed E-state index contributed by atoms with van der Waals surface area (Å²) in [6, 6.07) is 3.21. The summed E-state index contributed by atoms with van der Waals surface area (Å²) < 4.78 is 29.2. The fraction of sp³-hybridized carbons (Fsp3) is 0.538. The van der Waals surface area contributed by atoms with Crippen molar-refractivity contribution >= 4 is 44.6 Å². The smallest absolute Gasteiger partial charge is 0.289 e. The van der Waals surface area contributed by atoms with Crippen LogP contribution >= 0.6 is 22.9 Å². The normalized spacial score (nSPS) is 22.2. The fourth-order valence-electron chi connectivity index (χ4n) is 2.24. The first-order chi connectivity index (χ1) is 10.6. The topological polar surface area (TPSA) is 92.8 Å². The Hall–Kier alpha value is -1.16. The molecule has 0 radical (unpaired) electrons. The standard InChI is InChI=1S/C13H17ClN2O5S2/c1-9(17)16-7-6-15-13(12(16)18,5-8-23(2,19)20)21-11-4-3-10(14)22-11/h3-4,15H,5-8H2,1-2H3/t13-/m0/s1. The number of nitrogens with one attached hydrogen (secondary N) is 1. The lowest BCUT2D eigenvalue weighted by atomic mass is 10.1. The molecule has 0 aromatic carbocycles. The Kier molecular flexibility index (Phi) is 5.34. The Morgan fingerprint density at radius 2 is 2.22 bits per heavy atom. The van der Waals surface area contributed by atoms with Gasteiger partial charge < -0.3 is 4.74 Å². The van der Waals surface area contributed by atoms with E-state index in [1.54, 1.807) is 12.1 Å². The van der Waals surface area contributed by atoms with Gasteiger partial charge in [0.25, 0.3) is 5.91 Å². The number of ether oxygens (including phenoxy) is 1. The number of hydrogen-bond donors (Lipinski definition) is 1. The van der Waals surface area contributed by atoms with Crippen molar-refractivity contribution in [3.8, 4) is 5.06 Å². The molecule has 0 unspecified atom stereocenters. The van der Waals surface area contributed by atoms with E-state index in [0.29, 0.717) is 15.9 Å². The summed E-state index contributed by atoms with van der Waals surface area (Å²) in [7, 11) is -3.31. The molecule has 1 aromatic heterocycles. The molecule has 128 valence electrons. The number of nitrogens with zero attached hydrogens (tertiary/aromatic N) is 1. The predicted molar refractivity (Wildman–Crippen MR) is 87.4 cm³/mol. The first kappa shape index (κ1) is 18.2. The molecule has 1 aromatic rings. The molecular formula is C13H17ClN2O5S2. The van der Waals surface area contributed by atoms with Crippen molar-refractivity contribution in [2.45, 2.75) is 19.1 Å². The molecule has 2 amide bonds. The summed E-state index contributed by atoms with van der Waals surface area (Å²) in [5.74, 6) is -1.26. The number of carbonyl (C=O) groups excluding carboxylic acids is 2. The Labute approximate surface area is 143 Å². The zero-order valence-corrected chi connectivity index (χ0v) is 15.1. The van der Waals surface area contributed by atoms with Gasteiger partial charge in [0.15, 0.2) is 5.06 Å². The van der Waals surface area contributed by atoms with Gasteiger partial charge in [-0.25, -0.2) is 8.42 Å². The number of rotatable bonds is 5. The summed E-state index contributed by atoms with van der Waals surface area (Å²) in [6.45, 7) is 1.81. The van der Waals surface area contributed by atoms with Crippen LogP contribution in [0.1, 0.15) is 13.3 Å². The van der Waals surface area contributed by atoms with Gasteiger partial charge in [0.05, 0.1) is 10.1 Å². The lowest BCUT2D eigenvalue weighted by Crippen LogP contribution is -2.68. The van der Waals surface area contributed by atoms with E-state index in [9.17, 15) is 18.0 Å². The van der Waals surface area contributed by atoms with Crippen molar-refractivity contribution in [2.24, 2.45) is 0 Å². The molecule has 7 nitrogen and oxygen atoms in total. The third kappa shape index (κ3) is 4.43. The third-order valence-electron chi connectivity index (χ3n) is 3.36. The van der Waals surface area contributed by atoms with Crippen molar-refractivity contribution in [3.63, 3.8) is 0 Å². The van der Waals surface area contributed by atoms with Crippen molar-refractivity contribution in [1.82, 2.24) is 10.2 Å². The van der Waals surface area contributed by atoms with Gasteiger partial charge in [0, 0.05) is 32.7 Å². The van der Waals surface area contributed by atoms with E-state index in [-0.39, 0.29) is 18.7 Å². The second-order valence-corrected chi connectivity index (χ2v) is 9.21. The van der Waals surface area contributed by atoms with Crippen LogP contribution < -0.4 is 10.1 Å². The lowest BCUT2D eigenvalue weighted by molar-refractivity contribution is -0.162. The molecule has 1 aliphatic heterocycles. The SMILES string of the molecule is CC(=O)N1CCN[C@@](CCS(C)(=O)=O)(Oc2ccc(Cl)s2)C1=O. The number of carbonyl (C=O) groups is 2. The Balaban J connectivity index is 2.33. The van der Waals surface area contributed by atoms with Crippen LogP contribution in [0.5, 0.6) is 5.06 Å². The van der Waals surface area contributed by atoms with Crippen molar-refractivity contribution in [3.05, 3.63) is 16.5 Å². The van der Waals surface area contributed by atoms with Gasteiger partial charge in [-0.05, 0) is 12.1 Å². The Bertz CT molecular complexity index is 718. The summed E-state index contributed by atoms with van der Waals surface area (Å²) in [5.41, 5.74) is -1.60. The van der Waals surface area contributed by atoms with Gasteiger partial charge in [-0.1, -0.05) is 22.9 Å². The number of piperazine rings is 1. The van der Waals surface area contributed by atoms with Crippen molar-refractivity contribution in [2.75, 3.05) is 25.1 Å². The molecule has 0 saturated carbocycles. The summed E-state index contributed by atoms with van der Waals surface area (Å²) in [5, 5.41) is 3.30. The minimum Gasteiger partial charge on any atom is -0.454 e. The highest BCUT2D eigenvalue weighted by atomic mass is 35.5. The van der Waals surface area contributed by atoms with E-state index in [4.69, 9.17) is 16.3 Å². The monoisotopic (exact) mass is 380 g/mol. The summed E-state index contributed by atoms with van der Waals surface area (Å²) in [4.78, 5) is 25.4. The number of amides is 2. The highest BCUT2D eigenvalue weighted by molar-refractivity contribution is 7.90. The maximum Gasteiger partial charge on any atom is 0.289 e. The number of sulfone groups is 1. The number of halogens is 1.